The molecule has 100 valence electrons. The van der Waals surface area contributed by atoms with Crippen LogP contribution in [0.15, 0.2) is 24.3 Å². The Morgan fingerprint density at radius 2 is 2.00 bits per heavy atom. The van der Waals surface area contributed by atoms with Crippen LogP contribution in [0.3, 0.4) is 0 Å². The minimum atomic E-state index is -0.156. The average molecular weight is 250 g/mol. The maximum absolute atomic E-state index is 12.9. The lowest BCUT2D eigenvalue weighted by atomic mass is 10.0. The molecule has 2 unspecified atom stereocenters. The fraction of sp³-hybridized carbons (Fsp3) is 0.600. The second kappa shape index (κ2) is 6.30. The van der Waals surface area contributed by atoms with E-state index in [1.54, 1.807) is 12.1 Å². The minimum absolute atomic E-state index is 0.156. The van der Waals surface area contributed by atoms with Gasteiger partial charge in [0, 0.05) is 18.6 Å². The van der Waals surface area contributed by atoms with E-state index in [2.05, 4.69) is 24.1 Å². The molecule has 0 bridgehead atoms. The second-order valence-corrected chi connectivity index (χ2v) is 5.26. The molecule has 0 aliphatic carbocycles. The van der Waals surface area contributed by atoms with E-state index in [0.29, 0.717) is 12.1 Å². The fourth-order valence-electron chi connectivity index (χ4n) is 2.54. The van der Waals surface area contributed by atoms with Crippen molar-refractivity contribution in [1.82, 2.24) is 10.2 Å². The monoisotopic (exact) mass is 250 g/mol. The predicted octanol–water partition coefficient (Wildman–Crippen LogP) is 2.96. The molecule has 0 amide bonds. The summed E-state index contributed by atoms with van der Waals surface area (Å²) in [7, 11) is 0. The van der Waals surface area contributed by atoms with E-state index < -0.39 is 0 Å². The topological polar surface area (TPSA) is 15.3 Å². The lowest BCUT2D eigenvalue weighted by Crippen LogP contribution is -2.39. The molecule has 2 nitrogen and oxygen atoms in total. The molecule has 1 aliphatic rings. The number of nitrogens with one attached hydrogen (secondary N) is 1. The second-order valence-electron chi connectivity index (χ2n) is 5.26. The first-order valence-electron chi connectivity index (χ1n) is 6.89. The zero-order valence-corrected chi connectivity index (χ0v) is 11.3. The van der Waals surface area contributed by atoms with Crippen molar-refractivity contribution in [2.24, 2.45) is 0 Å². The highest BCUT2D eigenvalue weighted by Gasteiger charge is 2.18. The lowest BCUT2D eigenvalue weighted by molar-refractivity contribution is 0.185. The van der Waals surface area contributed by atoms with Crippen LogP contribution in [0.4, 0.5) is 4.39 Å². The highest BCUT2D eigenvalue weighted by molar-refractivity contribution is 5.19. The molecule has 0 saturated carbocycles. The Hall–Kier alpha value is -0.930. The maximum Gasteiger partial charge on any atom is 0.123 e. The third kappa shape index (κ3) is 3.53. The largest absolute Gasteiger partial charge is 0.314 e. The Morgan fingerprint density at radius 1 is 1.28 bits per heavy atom. The van der Waals surface area contributed by atoms with Crippen LogP contribution >= 0.6 is 0 Å². The summed E-state index contributed by atoms with van der Waals surface area (Å²) in [5.74, 6) is -0.156. The quantitative estimate of drug-likeness (QED) is 0.868. The number of benzene rings is 1. The number of halogens is 1. The molecule has 1 aliphatic heterocycles. The van der Waals surface area contributed by atoms with Crippen LogP contribution in [0.5, 0.6) is 0 Å². The highest BCUT2D eigenvalue weighted by Crippen LogP contribution is 2.21. The maximum atomic E-state index is 12.9. The van der Waals surface area contributed by atoms with Crippen molar-refractivity contribution in [3.05, 3.63) is 35.6 Å². The van der Waals surface area contributed by atoms with Gasteiger partial charge in [-0.15, -0.1) is 0 Å². The fourth-order valence-corrected chi connectivity index (χ4v) is 2.54. The van der Waals surface area contributed by atoms with Gasteiger partial charge < -0.3 is 5.32 Å². The molecule has 3 heteroatoms. The Labute approximate surface area is 109 Å². The molecule has 1 aromatic rings. The van der Waals surface area contributed by atoms with Crippen LogP contribution in [0.2, 0.25) is 0 Å². The predicted molar refractivity (Wildman–Crippen MR) is 73.1 cm³/mol. The van der Waals surface area contributed by atoms with Crippen molar-refractivity contribution >= 4 is 0 Å². The molecule has 2 rings (SSSR count). The number of nitrogens with zero attached hydrogens (tertiary/aromatic N) is 1. The molecule has 1 aromatic carbocycles. The summed E-state index contributed by atoms with van der Waals surface area (Å²) in [6.45, 7) is 7.76. The Balaban J connectivity index is 2.02. The van der Waals surface area contributed by atoms with E-state index in [9.17, 15) is 4.39 Å². The van der Waals surface area contributed by atoms with Gasteiger partial charge in [0.05, 0.1) is 0 Å². The molecule has 1 fully saturated rings. The SMILES string of the molecule is CC1CCN(C(C)c2ccc(F)cc2)CCCN1. The van der Waals surface area contributed by atoms with E-state index in [-0.39, 0.29) is 5.82 Å². The summed E-state index contributed by atoms with van der Waals surface area (Å²) in [5, 5.41) is 3.51. The van der Waals surface area contributed by atoms with Gasteiger partial charge >= 0.3 is 0 Å². The summed E-state index contributed by atoms with van der Waals surface area (Å²) in [6.07, 6.45) is 2.35. The Kier molecular flexibility index (Phi) is 4.72. The molecular formula is C15H23FN2. The molecule has 1 N–H and O–H groups in total. The van der Waals surface area contributed by atoms with Gasteiger partial charge in [0.1, 0.15) is 5.82 Å². The molecule has 1 saturated heterocycles. The van der Waals surface area contributed by atoms with Crippen molar-refractivity contribution in [1.29, 1.82) is 0 Å². The molecule has 18 heavy (non-hydrogen) atoms. The summed E-state index contributed by atoms with van der Waals surface area (Å²) in [4.78, 5) is 2.50. The van der Waals surface area contributed by atoms with Crippen LogP contribution in [0.1, 0.15) is 38.3 Å². The number of hydrogen-bond donors (Lipinski definition) is 1. The van der Waals surface area contributed by atoms with Crippen LogP contribution in [-0.4, -0.2) is 30.6 Å². The van der Waals surface area contributed by atoms with Gasteiger partial charge in [-0.2, -0.15) is 0 Å². The van der Waals surface area contributed by atoms with E-state index in [1.165, 1.54) is 18.4 Å². The Morgan fingerprint density at radius 3 is 2.72 bits per heavy atom. The summed E-state index contributed by atoms with van der Waals surface area (Å²) >= 11 is 0. The first-order chi connectivity index (χ1) is 8.66. The van der Waals surface area contributed by atoms with Crippen molar-refractivity contribution < 1.29 is 4.39 Å². The molecule has 1 heterocycles. The van der Waals surface area contributed by atoms with E-state index >= 15 is 0 Å². The van der Waals surface area contributed by atoms with E-state index in [1.807, 2.05) is 12.1 Å². The van der Waals surface area contributed by atoms with Gasteiger partial charge in [-0.05, 0) is 57.5 Å². The molecule has 2 atom stereocenters. The smallest absolute Gasteiger partial charge is 0.123 e. The number of rotatable bonds is 2. The Bertz CT molecular complexity index is 363. The van der Waals surface area contributed by atoms with Gasteiger partial charge in [0.25, 0.3) is 0 Å². The first kappa shape index (κ1) is 13.5. The summed E-state index contributed by atoms with van der Waals surface area (Å²) in [6, 6.07) is 7.88. The van der Waals surface area contributed by atoms with Crippen molar-refractivity contribution in [3.63, 3.8) is 0 Å². The number of hydrogen-bond acceptors (Lipinski definition) is 2. The van der Waals surface area contributed by atoms with Crippen molar-refractivity contribution in [2.75, 3.05) is 19.6 Å². The van der Waals surface area contributed by atoms with Crippen molar-refractivity contribution in [2.45, 2.75) is 38.8 Å². The zero-order chi connectivity index (χ0) is 13.0. The molecule has 0 spiro atoms. The third-order valence-electron chi connectivity index (χ3n) is 3.86. The van der Waals surface area contributed by atoms with Gasteiger partial charge in [0.2, 0.25) is 0 Å². The van der Waals surface area contributed by atoms with Crippen molar-refractivity contribution in [3.8, 4) is 0 Å². The van der Waals surface area contributed by atoms with E-state index in [0.717, 1.165) is 19.6 Å². The molecule has 0 radical (unpaired) electrons. The standard InChI is InChI=1S/C15H23FN2/c1-12-8-11-18(10-3-9-17-12)13(2)14-4-6-15(16)7-5-14/h4-7,12-13,17H,3,8-11H2,1-2H3. The first-order valence-corrected chi connectivity index (χ1v) is 6.89. The van der Waals surface area contributed by atoms with E-state index in [4.69, 9.17) is 0 Å². The molecule has 0 aromatic heterocycles. The van der Waals surface area contributed by atoms with Crippen LogP contribution in [0, 0.1) is 5.82 Å². The normalized spacial score (nSPS) is 24.3. The summed E-state index contributed by atoms with van der Waals surface area (Å²) < 4.78 is 12.9. The van der Waals surface area contributed by atoms with Gasteiger partial charge in [-0.3, -0.25) is 4.90 Å². The zero-order valence-electron chi connectivity index (χ0n) is 11.3. The lowest BCUT2D eigenvalue weighted by Gasteiger charge is -2.32. The van der Waals surface area contributed by atoms with Crippen LogP contribution in [-0.2, 0) is 0 Å². The van der Waals surface area contributed by atoms with Gasteiger partial charge in [-0.25, -0.2) is 4.39 Å². The molecular weight excluding hydrogens is 227 g/mol. The third-order valence-corrected chi connectivity index (χ3v) is 3.86. The highest BCUT2D eigenvalue weighted by atomic mass is 19.1. The van der Waals surface area contributed by atoms with Crippen LogP contribution in [0.25, 0.3) is 0 Å². The van der Waals surface area contributed by atoms with Gasteiger partial charge in [0.15, 0.2) is 0 Å². The van der Waals surface area contributed by atoms with Crippen LogP contribution < -0.4 is 5.32 Å². The average Bonchev–Trinajstić information content (AvgIpc) is 2.35. The minimum Gasteiger partial charge on any atom is -0.314 e. The summed E-state index contributed by atoms with van der Waals surface area (Å²) in [5.41, 5.74) is 1.21. The van der Waals surface area contributed by atoms with Gasteiger partial charge in [-0.1, -0.05) is 12.1 Å².